The number of carbonyl (C=O) groups excluding carboxylic acids is 2. The summed E-state index contributed by atoms with van der Waals surface area (Å²) >= 11 is 1.53. The summed E-state index contributed by atoms with van der Waals surface area (Å²) in [6.45, 7) is 5.67. The van der Waals surface area contributed by atoms with E-state index in [4.69, 9.17) is 10.5 Å². The summed E-state index contributed by atoms with van der Waals surface area (Å²) in [5.74, 6) is -0.254. The van der Waals surface area contributed by atoms with Gasteiger partial charge in [-0.05, 0) is 6.92 Å². The number of amides is 2. The van der Waals surface area contributed by atoms with Crippen LogP contribution in [0.25, 0.3) is 0 Å². The summed E-state index contributed by atoms with van der Waals surface area (Å²) < 4.78 is 4.93. The summed E-state index contributed by atoms with van der Waals surface area (Å²) in [6, 6.07) is -0.751. The van der Waals surface area contributed by atoms with Gasteiger partial charge >= 0.3 is 6.09 Å². The SMILES string of the molecule is CC(C)c1nc(COC(=O)N[C@@H](C)C(N)=O)cs1. The lowest BCUT2D eigenvalue weighted by Gasteiger charge is -2.09. The predicted octanol–water partition coefficient (Wildman–Crippen LogP) is 1.37. The number of carbonyl (C=O) groups is 2. The predicted molar refractivity (Wildman–Crippen MR) is 68.2 cm³/mol. The van der Waals surface area contributed by atoms with Gasteiger partial charge in [0.15, 0.2) is 0 Å². The quantitative estimate of drug-likeness (QED) is 0.845. The van der Waals surface area contributed by atoms with Gasteiger partial charge in [0.1, 0.15) is 12.6 Å². The summed E-state index contributed by atoms with van der Waals surface area (Å²) in [5.41, 5.74) is 5.71. The van der Waals surface area contributed by atoms with E-state index in [9.17, 15) is 9.59 Å². The first-order valence-corrected chi connectivity index (χ1v) is 6.45. The number of nitrogens with zero attached hydrogens (tertiary/aromatic N) is 1. The Bertz CT molecular complexity index is 431. The standard InChI is InChI=1S/C11H17N3O3S/c1-6(2)10-14-8(5-18-10)4-17-11(16)13-7(3)9(12)15/h5-7H,4H2,1-3H3,(H2,12,15)(H,13,16)/t7-/m0/s1. The number of thiazole rings is 1. The molecule has 1 atom stereocenters. The van der Waals surface area contributed by atoms with Crippen LogP contribution < -0.4 is 11.1 Å². The summed E-state index contributed by atoms with van der Waals surface area (Å²) in [4.78, 5) is 26.4. The molecule has 0 saturated heterocycles. The van der Waals surface area contributed by atoms with Crippen molar-refractivity contribution in [1.29, 1.82) is 0 Å². The smallest absolute Gasteiger partial charge is 0.408 e. The summed E-state index contributed by atoms with van der Waals surface area (Å²) in [7, 11) is 0. The minimum Gasteiger partial charge on any atom is -0.443 e. The van der Waals surface area contributed by atoms with Crippen LogP contribution in [0, 0.1) is 0 Å². The fourth-order valence-electron chi connectivity index (χ4n) is 1.08. The van der Waals surface area contributed by atoms with Crippen LogP contribution in [0.15, 0.2) is 5.38 Å². The molecule has 0 saturated carbocycles. The van der Waals surface area contributed by atoms with Crippen molar-refractivity contribution in [2.24, 2.45) is 5.73 Å². The lowest BCUT2D eigenvalue weighted by atomic mass is 10.2. The molecule has 2 amide bonds. The Labute approximate surface area is 110 Å². The van der Waals surface area contributed by atoms with Gasteiger partial charge in [-0.2, -0.15) is 0 Å². The number of primary amides is 1. The molecule has 0 radical (unpaired) electrons. The molecule has 0 unspecified atom stereocenters. The van der Waals surface area contributed by atoms with Crippen molar-refractivity contribution in [2.75, 3.05) is 0 Å². The molecule has 0 aliphatic heterocycles. The van der Waals surface area contributed by atoms with Crippen LogP contribution in [0.2, 0.25) is 0 Å². The maximum absolute atomic E-state index is 11.3. The van der Waals surface area contributed by atoms with Crippen LogP contribution in [0.1, 0.15) is 37.4 Å². The maximum atomic E-state index is 11.3. The molecule has 1 aromatic heterocycles. The van der Waals surface area contributed by atoms with Crippen LogP contribution >= 0.6 is 11.3 Å². The number of hydrogen-bond donors (Lipinski definition) is 2. The zero-order chi connectivity index (χ0) is 13.7. The Balaban J connectivity index is 2.40. The lowest BCUT2D eigenvalue weighted by Crippen LogP contribution is -2.42. The van der Waals surface area contributed by atoms with Gasteiger partial charge in [0.2, 0.25) is 5.91 Å². The Morgan fingerprint density at radius 2 is 2.17 bits per heavy atom. The Morgan fingerprint density at radius 1 is 1.50 bits per heavy atom. The van der Waals surface area contributed by atoms with Crippen molar-refractivity contribution in [3.8, 4) is 0 Å². The molecule has 0 aliphatic rings. The molecule has 0 aromatic carbocycles. The van der Waals surface area contributed by atoms with Crippen molar-refractivity contribution >= 4 is 23.3 Å². The average Bonchev–Trinajstić information content (AvgIpc) is 2.74. The fraction of sp³-hybridized carbons (Fsp3) is 0.545. The van der Waals surface area contributed by atoms with E-state index in [1.807, 2.05) is 19.2 Å². The highest BCUT2D eigenvalue weighted by molar-refractivity contribution is 7.09. The molecule has 0 spiro atoms. The van der Waals surface area contributed by atoms with E-state index in [1.54, 1.807) is 0 Å². The zero-order valence-corrected chi connectivity index (χ0v) is 11.4. The first kappa shape index (κ1) is 14.4. The summed E-state index contributed by atoms with van der Waals surface area (Å²) in [6.07, 6.45) is -0.680. The minimum absolute atomic E-state index is 0.0839. The minimum atomic E-state index is -0.751. The van der Waals surface area contributed by atoms with Gasteiger partial charge in [-0.3, -0.25) is 4.79 Å². The van der Waals surface area contributed by atoms with Gasteiger partial charge in [0.05, 0.1) is 10.7 Å². The van der Waals surface area contributed by atoms with Crippen LogP contribution in [-0.4, -0.2) is 23.0 Å². The van der Waals surface area contributed by atoms with Gasteiger partial charge in [-0.25, -0.2) is 9.78 Å². The van der Waals surface area contributed by atoms with Crippen molar-refractivity contribution in [2.45, 2.75) is 39.3 Å². The average molecular weight is 271 g/mol. The normalized spacial score (nSPS) is 12.2. The number of alkyl carbamates (subject to hydrolysis) is 1. The molecule has 7 heteroatoms. The molecule has 6 nitrogen and oxygen atoms in total. The molecular weight excluding hydrogens is 254 g/mol. The second kappa shape index (κ2) is 6.34. The van der Waals surface area contributed by atoms with Gasteiger partial charge in [0, 0.05) is 11.3 Å². The third kappa shape index (κ3) is 4.33. The van der Waals surface area contributed by atoms with Crippen LogP contribution in [0.4, 0.5) is 4.79 Å². The number of hydrogen-bond acceptors (Lipinski definition) is 5. The van der Waals surface area contributed by atoms with Crippen molar-refractivity contribution in [3.05, 3.63) is 16.1 Å². The van der Waals surface area contributed by atoms with E-state index in [0.29, 0.717) is 11.6 Å². The molecule has 0 fully saturated rings. The molecule has 1 heterocycles. The third-order valence-corrected chi connectivity index (χ3v) is 3.37. The van der Waals surface area contributed by atoms with Crippen LogP contribution in [0.3, 0.4) is 0 Å². The molecule has 100 valence electrons. The first-order chi connectivity index (χ1) is 8.40. The lowest BCUT2D eigenvalue weighted by molar-refractivity contribution is -0.119. The maximum Gasteiger partial charge on any atom is 0.408 e. The Morgan fingerprint density at radius 3 is 2.67 bits per heavy atom. The Hall–Kier alpha value is -1.63. The van der Waals surface area contributed by atoms with Gasteiger partial charge < -0.3 is 15.8 Å². The van der Waals surface area contributed by atoms with Crippen molar-refractivity contribution < 1.29 is 14.3 Å². The van der Waals surface area contributed by atoms with Crippen LogP contribution in [0.5, 0.6) is 0 Å². The highest BCUT2D eigenvalue weighted by atomic mass is 32.1. The number of nitrogens with one attached hydrogen (secondary N) is 1. The number of nitrogens with two attached hydrogens (primary N) is 1. The zero-order valence-electron chi connectivity index (χ0n) is 10.6. The topological polar surface area (TPSA) is 94.3 Å². The van der Waals surface area contributed by atoms with E-state index in [2.05, 4.69) is 10.3 Å². The number of aromatic nitrogens is 1. The van der Waals surface area contributed by atoms with E-state index in [0.717, 1.165) is 5.01 Å². The molecular formula is C11H17N3O3S. The third-order valence-electron chi connectivity index (χ3n) is 2.18. The second-order valence-electron chi connectivity index (χ2n) is 4.18. The fourth-order valence-corrected chi connectivity index (χ4v) is 1.90. The van der Waals surface area contributed by atoms with E-state index in [-0.39, 0.29) is 6.61 Å². The monoisotopic (exact) mass is 271 g/mol. The first-order valence-electron chi connectivity index (χ1n) is 5.57. The molecule has 0 aliphatic carbocycles. The largest absolute Gasteiger partial charge is 0.443 e. The van der Waals surface area contributed by atoms with E-state index < -0.39 is 18.0 Å². The van der Waals surface area contributed by atoms with E-state index >= 15 is 0 Å². The van der Waals surface area contributed by atoms with Crippen molar-refractivity contribution in [3.63, 3.8) is 0 Å². The molecule has 18 heavy (non-hydrogen) atoms. The molecule has 1 rings (SSSR count). The summed E-state index contributed by atoms with van der Waals surface area (Å²) in [5, 5.41) is 5.17. The number of ether oxygens (including phenoxy) is 1. The van der Waals surface area contributed by atoms with Gasteiger partial charge in [-0.1, -0.05) is 13.8 Å². The molecule has 3 N–H and O–H groups in total. The highest BCUT2D eigenvalue weighted by Gasteiger charge is 2.13. The van der Waals surface area contributed by atoms with Crippen LogP contribution in [-0.2, 0) is 16.1 Å². The number of rotatable bonds is 5. The molecule has 1 aromatic rings. The second-order valence-corrected chi connectivity index (χ2v) is 5.07. The highest BCUT2D eigenvalue weighted by Crippen LogP contribution is 2.19. The van der Waals surface area contributed by atoms with E-state index in [1.165, 1.54) is 18.3 Å². The van der Waals surface area contributed by atoms with Gasteiger partial charge in [0.25, 0.3) is 0 Å². The Kier molecular flexibility index (Phi) is 5.08. The van der Waals surface area contributed by atoms with Gasteiger partial charge in [-0.15, -0.1) is 11.3 Å². The molecule has 0 bridgehead atoms. The van der Waals surface area contributed by atoms with Crippen molar-refractivity contribution in [1.82, 2.24) is 10.3 Å².